The summed E-state index contributed by atoms with van der Waals surface area (Å²) in [5, 5.41) is -0.0598. The monoisotopic (exact) mass is 443 g/mol. The van der Waals surface area contributed by atoms with Gasteiger partial charge in [-0.05, 0) is 36.6 Å². The molecule has 2 aliphatic rings. The first kappa shape index (κ1) is 20.4. The molecule has 1 aromatic carbocycles. The highest BCUT2D eigenvalue weighted by atomic mass is 19.2. The van der Waals surface area contributed by atoms with Gasteiger partial charge in [-0.3, -0.25) is 14.6 Å². The standard InChI is InChI=1S/C23H17F4N3O2/c1-10-14(23(32)29-18-3-2-16(25)21(27)20(10)18)7-19(31)30-9-11-4-13(30)6-15(11)22-17(26)5-12(24)8-28-22/h2-3,5-6,8,11,13H,4,7,9H2,1H3,(H,29,32)/t11-,13-/m0/s1. The van der Waals surface area contributed by atoms with Crippen molar-refractivity contribution in [1.82, 2.24) is 14.9 Å². The van der Waals surface area contributed by atoms with Gasteiger partial charge in [0, 0.05) is 29.5 Å². The van der Waals surface area contributed by atoms with E-state index in [9.17, 15) is 27.2 Å². The minimum absolute atomic E-state index is 0.0598. The first-order valence-corrected chi connectivity index (χ1v) is 10.1. The Morgan fingerprint density at radius 1 is 1.22 bits per heavy atom. The molecule has 0 spiro atoms. The molecule has 3 aromatic rings. The smallest absolute Gasteiger partial charge is 0.252 e. The molecule has 2 bridgehead atoms. The van der Waals surface area contributed by atoms with Gasteiger partial charge in [-0.1, -0.05) is 6.08 Å². The molecule has 1 aliphatic carbocycles. The zero-order valence-electron chi connectivity index (χ0n) is 16.9. The molecular formula is C23H17F4N3O2. The molecule has 1 amide bonds. The number of likely N-dealkylation sites (tertiary alicyclic amines) is 1. The summed E-state index contributed by atoms with van der Waals surface area (Å²) >= 11 is 0. The Bertz CT molecular complexity index is 1380. The highest BCUT2D eigenvalue weighted by molar-refractivity contribution is 5.87. The summed E-state index contributed by atoms with van der Waals surface area (Å²) in [6.45, 7) is 1.79. The number of carbonyl (C=O) groups is 1. The quantitative estimate of drug-likeness (QED) is 0.629. The highest BCUT2D eigenvalue weighted by Crippen LogP contribution is 2.42. The van der Waals surface area contributed by atoms with E-state index in [2.05, 4.69) is 9.97 Å². The van der Waals surface area contributed by atoms with E-state index in [-0.39, 0.29) is 52.0 Å². The molecule has 9 heteroatoms. The van der Waals surface area contributed by atoms with Gasteiger partial charge in [0.2, 0.25) is 5.91 Å². The Morgan fingerprint density at radius 3 is 2.69 bits per heavy atom. The molecule has 2 aromatic heterocycles. The normalized spacial score (nSPS) is 19.7. The second-order valence-corrected chi connectivity index (χ2v) is 8.17. The fourth-order valence-electron chi connectivity index (χ4n) is 4.78. The SMILES string of the molecule is Cc1c(CC(=O)N2C[C@@H]3C[C@H]2C=C3c2ncc(F)cc2F)c(=O)[nH]c2ccc(F)c(F)c12. The number of rotatable bonds is 3. The molecular weight excluding hydrogens is 426 g/mol. The summed E-state index contributed by atoms with van der Waals surface area (Å²) < 4.78 is 55.3. The van der Waals surface area contributed by atoms with Gasteiger partial charge in [0.05, 0.1) is 24.2 Å². The van der Waals surface area contributed by atoms with E-state index in [0.717, 1.165) is 18.3 Å². The Balaban J connectivity index is 1.43. The lowest BCUT2D eigenvalue weighted by molar-refractivity contribution is -0.130. The van der Waals surface area contributed by atoms with E-state index < -0.39 is 28.8 Å². The molecule has 1 fully saturated rings. The van der Waals surface area contributed by atoms with Crippen molar-refractivity contribution >= 4 is 22.4 Å². The van der Waals surface area contributed by atoms with E-state index in [1.807, 2.05) is 0 Å². The van der Waals surface area contributed by atoms with Crippen LogP contribution in [0.5, 0.6) is 0 Å². The van der Waals surface area contributed by atoms with Crippen LogP contribution in [0, 0.1) is 36.1 Å². The van der Waals surface area contributed by atoms with E-state index in [1.54, 1.807) is 11.0 Å². The number of aromatic amines is 1. The lowest BCUT2D eigenvalue weighted by atomic mass is 9.98. The topological polar surface area (TPSA) is 66.1 Å². The van der Waals surface area contributed by atoms with Gasteiger partial charge in [-0.15, -0.1) is 0 Å². The van der Waals surface area contributed by atoms with Crippen molar-refractivity contribution in [1.29, 1.82) is 0 Å². The number of hydrogen-bond donors (Lipinski definition) is 1. The maximum atomic E-state index is 14.3. The van der Waals surface area contributed by atoms with Crippen molar-refractivity contribution in [3.05, 3.63) is 80.9 Å². The second kappa shape index (κ2) is 7.29. The number of nitrogens with zero attached hydrogens (tertiary/aromatic N) is 2. The van der Waals surface area contributed by atoms with Gasteiger partial charge >= 0.3 is 0 Å². The van der Waals surface area contributed by atoms with Crippen molar-refractivity contribution < 1.29 is 22.4 Å². The Labute approximate surface area is 179 Å². The lowest BCUT2D eigenvalue weighted by Crippen LogP contribution is -2.38. The maximum Gasteiger partial charge on any atom is 0.252 e. The molecule has 1 N–H and O–H groups in total. The number of benzene rings is 1. The van der Waals surface area contributed by atoms with Crippen LogP contribution in [0.15, 0.2) is 35.3 Å². The van der Waals surface area contributed by atoms with Gasteiger partial charge in [-0.2, -0.15) is 0 Å². The minimum Gasteiger partial charge on any atom is -0.335 e. The third-order valence-corrected chi connectivity index (χ3v) is 6.33. The molecule has 3 heterocycles. The van der Waals surface area contributed by atoms with Crippen LogP contribution in [0.25, 0.3) is 16.5 Å². The molecule has 5 nitrogen and oxygen atoms in total. The molecule has 0 unspecified atom stereocenters. The van der Waals surface area contributed by atoms with Gasteiger partial charge in [0.25, 0.3) is 5.56 Å². The number of carbonyl (C=O) groups excluding carboxylic acids is 1. The molecule has 2 atom stereocenters. The van der Waals surface area contributed by atoms with Gasteiger partial charge in [0.1, 0.15) is 11.5 Å². The number of hydrogen-bond acceptors (Lipinski definition) is 3. The zero-order valence-corrected chi connectivity index (χ0v) is 16.9. The number of amides is 1. The Morgan fingerprint density at radius 2 is 2.00 bits per heavy atom. The number of pyridine rings is 2. The molecule has 164 valence electrons. The Hall–Kier alpha value is -3.49. The summed E-state index contributed by atoms with van der Waals surface area (Å²) in [5.74, 6) is -4.13. The van der Waals surface area contributed by atoms with Crippen LogP contribution < -0.4 is 5.56 Å². The van der Waals surface area contributed by atoms with Crippen LogP contribution in [0.4, 0.5) is 17.6 Å². The average molecular weight is 443 g/mol. The molecule has 32 heavy (non-hydrogen) atoms. The van der Waals surface area contributed by atoms with Crippen molar-refractivity contribution in [3.63, 3.8) is 0 Å². The van der Waals surface area contributed by atoms with Crippen molar-refractivity contribution in [2.24, 2.45) is 5.92 Å². The molecule has 0 saturated carbocycles. The summed E-state index contributed by atoms with van der Waals surface area (Å²) in [7, 11) is 0. The molecule has 1 saturated heterocycles. The largest absolute Gasteiger partial charge is 0.335 e. The fourth-order valence-corrected chi connectivity index (χ4v) is 4.78. The number of H-pyrrole nitrogens is 1. The predicted molar refractivity (Wildman–Crippen MR) is 109 cm³/mol. The maximum absolute atomic E-state index is 14.3. The number of aromatic nitrogens is 2. The third-order valence-electron chi connectivity index (χ3n) is 6.33. The molecule has 0 radical (unpaired) electrons. The fraction of sp³-hybridized carbons (Fsp3) is 0.261. The average Bonchev–Trinajstić information content (AvgIpc) is 3.34. The van der Waals surface area contributed by atoms with Crippen LogP contribution in [0.2, 0.25) is 0 Å². The summed E-state index contributed by atoms with van der Waals surface area (Å²) in [4.78, 5) is 33.5. The predicted octanol–water partition coefficient (Wildman–Crippen LogP) is 3.64. The number of nitrogens with one attached hydrogen (secondary N) is 1. The summed E-state index contributed by atoms with van der Waals surface area (Å²) in [6.07, 6.45) is 2.99. The van der Waals surface area contributed by atoms with Crippen LogP contribution in [0.1, 0.15) is 23.2 Å². The van der Waals surface area contributed by atoms with Gasteiger partial charge < -0.3 is 9.88 Å². The Kier molecular flexibility index (Phi) is 4.65. The first-order chi connectivity index (χ1) is 15.2. The summed E-state index contributed by atoms with van der Waals surface area (Å²) in [5.41, 5.74) is 0.619. The minimum atomic E-state index is -1.08. The van der Waals surface area contributed by atoms with Crippen LogP contribution >= 0.6 is 0 Å². The first-order valence-electron chi connectivity index (χ1n) is 10.1. The third kappa shape index (κ3) is 3.11. The van der Waals surface area contributed by atoms with E-state index in [4.69, 9.17) is 0 Å². The van der Waals surface area contributed by atoms with E-state index >= 15 is 0 Å². The van der Waals surface area contributed by atoms with Crippen molar-refractivity contribution in [2.75, 3.05) is 6.54 Å². The highest BCUT2D eigenvalue weighted by Gasteiger charge is 2.42. The summed E-state index contributed by atoms with van der Waals surface area (Å²) in [6, 6.07) is 2.68. The van der Waals surface area contributed by atoms with Crippen LogP contribution in [-0.4, -0.2) is 33.4 Å². The number of halogens is 4. The lowest BCUT2D eigenvalue weighted by Gasteiger charge is -2.26. The molecule has 5 rings (SSSR count). The molecule has 1 aliphatic heterocycles. The van der Waals surface area contributed by atoms with Crippen molar-refractivity contribution in [2.45, 2.75) is 25.8 Å². The number of aryl methyl sites for hydroxylation is 1. The van der Waals surface area contributed by atoms with Crippen LogP contribution in [-0.2, 0) is 11.2 Å². The van der Waals surface area contributed by atoms with E-state index in [0.29, 0.717) is 18.5 Å². The van der Waals surface area contributed by atoms with E-state index in [1.165, 1.54) is 13.0 Å². The second-order valence-electron chi connectivity index (χ2n) is 8.17. The zero-order chi connectivity index (χ0) is 22.7. The van der Waals surface area contributed by atoms with Crippen molar-refractivity contribution in [3.8, 4) is 0 Å². The number of fused-ring (bicyclic) bond motifs is 3. The van der Waals surface area contributed by atoms with Crippen LogP contribution in [0.3, 0.4) is 0 Å². The van der Waals surface area contributed by atoms with Gasteiger partial charge in [-0.25, -0.2) is 17.6 Å². The van der Waals surface area contributed by atoms with Gasteiger partial charge in [0.15, 0.2) is 17.5 Å².